The first-order chi connectivity index (χ1) is 9.08. The maximum Gasteiger partial charge on any atom is 0.181 e. The number of hydrogen-bond acceptors (Lipinski definition) is 2. The Kier molecular flexibility index (Phi) is 4.35. The molecule has 19 heavy (non-hydrogen) atoms. The molecule has 2 rings (SSSR count). The van der Waals surface area contributed by atoms with E-state index in [9.17, 15) is 4.79 Å². The summed E-state index contributed by atoms with van der Waals surface area (Å²) in [6.07, 6.45) is 3.11. The Morgan fingerprint density at radius 2 is 2.05 bits per heavy atom. The molecule has 0 unspecified atom stereocenters. The number of aromatic nitrogens is 1. The number of benzene rings is 1. The number of carbonyl (C=O) groups is 1. The molecule has 0 amide bonds. The van der Waals surface area contributed by atoms with Crippen LogP contribution in [0.5, 0.6) is 0 Å². The fourth-order valence-corrected chi connectivity index (χ4v) is 2.76. The van der Waals surface area contributed by atoms with Crippen molar-refractivity contribution in [2.75, 3.05) is 6.26 Å². The second-order valence-electron chi connectivity index (χ2n) is 5.12. The molecule has 1 heterocycles. The summed E-state index contributed by atoms with van der Waals surface area (Å²) in [6, 6.07) is 8.46. The lowest BCUT2D eigenvalue weighted by molar-refractivity contribution is 0.0930. The van der Waals surface area contributed by atoms with Crippen molar-refractivity contribution in [3.8, 4) is 0 Å². The number of thioether (sulfide) groups is 1. The van der Waals surface area contributed by atoms with Gasteiger partial charge in [0.25, 0.3) is 0 Å². The molecule has 0 atom stereocenters. The molecule has 2 nitrogen and oxygen atoms in total. The summed E-state index contributed by atoms with van der Waals surface area (Å²) in [7, 11) is 0. The van der Waals surface area contributed by atoms with Gasteiger partial charge in [0.2, 0.25) is 0 Å². The number of nitrogens with zero attached hydrogens (tertiary/aromatic N) is 1. The summed E-state index contributed by atoms with van der Waals surface area (Å²) in [5.74, 6) is 0.273. The van der Waals surface area contributed by atoms with E-state index in [0.29, 0.717) is 0 Å². The molecule has 1 aromatic carbocycles. The van der Waals surface area contributed by atoms with Crippen LogP contribution in [0.3, 0.4) is 0 Å². The molecule has 0 spiro atoms. The number of Topliss-reactive ketones (excluding diaryl/α,β-unsaturated/α-hetero) is 1. The van der Waals surface area contributed by atoms with Crippen LogP contribution in [0.2, 0.25) is 0 Å². The zero-order valence-electron chi connectivity index (χ0n) is 12.1. The Bertz CT molecular complexity index is 598. The van der Waals surface area contributed by atoms with Gasteiger partial charge >= 0.3 is 0 Å². The van der Waals surface area contributed by atoms with E-state index in [-0.39, 0.29) is 11.7 Å². The SMILES string of the molecule is CCCn1c(C(=O)C(C)C)cc2ccc(SC)cc21. The molecule has 1 aromatic heterocycles. The van der Waals surface area contributed by atoms with Gasteiger partial charge in [-0.3, -0.25) is 4.79 Å². The van der Waals surface area contributed by atoms with Crippen LogP contribution in [-0.2, 0) is 6.54 Å². The predicted octanol–water partition coefficient (Wildman–Crippen LogP) is 4.61. The second kappa shape index (κ2) is 5.83. The third kappa shape index (κ3) is 2.71. The highest BCUT2D eigenvalue weighted by atomic mass is 32.2. The van der Waals surface area contributed by atoms with Crippen molar-refractivity contribution < 1.29 is 4.79 Å². The summed E-state index contributed by atoms with van der Waals surface area (Å²) in [5.41, 5.74) is 2.03. The Balaban J connectivity index is 2.63. The summed E-state index contributed by atoms with van der Waals surface area (Å²) in [6.45, 7) is 6.97. The average molecular weight is 275 g/mol. The first kappa shape index (κ1) is 14.2. The molecule has 0 aliphatic carbocycles. The van der Waals surface area contributed by atoms with Gasteiger partial charge in [0.1, 0.15) is 0 Å². The van der Waals surface area contributed by atoms with E-state index < -0.39 is 0 Å². The van der Waals surface area contributed by atoms with Gasteiger partial charge in [-0.25, -0.2) is 0 Å². The number of rotatable bonds is 5. The fourth-order valence-electron chi connectivity index (χ4n) is 2.33. The van der Waals surface area contributed by atoms with E-state index in [1.807, 2.05) is 19.9 Å². The summed E-state index contributed by atoms with van der Waals surface area (Å²) < 4.78 is 2.18. The van der Waals surface area contributed by atoms with Crippen molar-refractivity contribution in [1.29, 1.82) is 0 Å². The Hall–Kier alpha value is -1.22. The van der Waals surface area contributed by atoms with E-state index in [0.717, 1.165) is 24.0 Å². The van der Waals surface area contributed by atoms with Crippen molar-refractivity contribution >= 4 is 28.4 Å². The molecular weight excluding hydrogens is 254 g/mol. The number of fused-ring (bicyclic) bond motifs is 1. The zero-order chi connectivity index (χ0) is 14.0. The third-order valence-corrected chi connectivity index (χ3v) is 4.06. The minimum Gasteiger partial charge on any atom is -0.338 e. The topological polar surface area (TPSA) is 22.0 Å². The zero-order valence-corrected chi connectivity index (χ0v) is 12.9. The third-order valence-electron chi connectivity index (χ3n) is 3.34. The molecule has 0 saturated heterocycles. The lowest BCUT2D eigenvalue weighted by atomic mass is 10.1. The van der Waals surface area contributed by atoms with Crippen LogP contribution >= 0.6 is 11.8 Å². The van der Waals surface area contributed by atoms with Crippen LogP contribution in [0.1, 0.15) is 37.7 Å². The summed E-state index contributed by atoms with van der Waals surface area (Å²) in [5, 5.41) is 1.16. The van der Waals surface area contributed by atoms with Crippen LogP contribution in [0.4, 0.5) is 0 Å². The van der Waals surface area contributed by atoms with Gasteiger partial charge in [0, 0.05) is 28.3 Å². The van der Waals surface area contributed by atoms with Gasteiger partial charge in [0.15, 0.2) is 5.78 Å². The van der Waals surface area contributed by atoms with E-state index in [2.05, 4.69) is 35.9 Å². The highest BCUT2D eigenvalue weighted by molar-refractivity contribution is 7.98. The van der Waals surface area contributed by atoms with E-state index >= 15 is 0 Å². The molecule has 3 heteroatoms. The minimum atomic E-state index is 0.0416. The van der Waals surface area contributed by atoms with Gasteiger partial charge in [-0.1, -0.05) is 26.8 Å². The Morgan fingerprint density at radius 1 is 1.32 bits per heavy atom. The smallest absolute Gasteiger partial charge is 0.181 e. The molecule has 102 valence electrons. The monoisotopic (exact) mass is 275 g/mol. The standard InChI is InChI=1S/C16H21NOS/c1-5-8-17-14-10-13(19-4)7-6-12(14)9-15(17)16(18)11(2)3/h6-7,9-11H,5,8H2,1-4H3. The molecular formula is C16H21NOS. The van der Waals surface area contributed by atoms with E-state index in [4.69, 9.17) is 0 Å². The first-order valence-corrected chi connectivity index (χ1v) is 8.02. The quantitative estimate of drug-likeness (QED) is 0.587. The number of hydrogen-bond donors (Lipinski definition) is 0. The van der Waals surface area contributed by atoms with Gasteiger partial charge in [-0.2, -0.15) is 0 Å². The number of aryl methyl sites for hydroxylation is 1. The average Bonchev–Trinajstić information content (AvgIpc) is 2.76. The number of ketones is 1. The normalized spacial score (nSPS) is 11.4. The van der Waals surface area contributed by atoms with Crippen molar-refractivity contribution in [2.45, 2.75) is 38.6 Å². The van der Waals surface area contributed by atoms with E-state index in [1.165, 1.54) is 10.4 Å². The Labute approximate surface area is 119 Å². The highest BCUT2D eigenvalue weighted by Gasteiger charge is 2.17. The fraction of sp³-hybridized carbons (Fsp3) is 0.438. The van der Waals surface area contributed by atoms with Crippen molar-refractivity contribution in [3.63, 3.8) is 0 Å². The lowest BCUT2D eigenvalue weighted by Crippen LogP contribution is -2.13. The van der Waals surface area contributed by atoms with Crippen LogP contribution in [0, 0.1) is 5.92 Å². The van der Waals surface area contributed by atoms with Crippen molar-refractivity contribution in [3.05, 3.63) is 30.0 Å². The maximum absolute atomic E-state index is 12.3. The highest BCUT2D eigenvalue weighted by Crippen LogP contribution is 2.26. The van der Waals surface area contributed by atoms with Crippen LogP contribution in [0.25, 0.3) is 10.9 Å². The van der Waals surface area contributed by atoms with Gasteiger partial charge < -0.3 is 4.57 Å². The summed E-state index contributed by atoms with van der Waals surface area (Å²) in [4.78, 5) is 13.6. The van der Waals surface area contributed by atoms with E-state index in [1.54, 1.807) is 11.8 Å². The van der Waals surface area contributed by atoms with Gasteiger partial charge in [0.05, 0.1) is 5.69 Å². The predicted molar refractivity (Wildman–Crippen MR) is 83.2 cm³/mol. The molecule has 0 aliphatic rings. The van der Waals surface area contributed by atoms with Gasteiger partial charge in [-0.05, 0) is 30.9 Å². The molecule has 0 radical (unpaired) electrons. The molecule has 0 N–H and O–H groups in total. The Morgan fingerprint density at radius 3 is 2.63 bits per heavy atom. The molecule has 2 aromatic rings. The van der Waals surface area contributed by atoms with Crippen molar-refractivity contribution in [1.82, 2.24) is 4.57 Å². The van der Waals surface area contributed by atoms with Crippen LogP contribution < -0.4 is 0 Å². The first-order valence-electron chi connectivity index (χ1n) is 6.80. The molecule has 0 bridgehead atoms. The molecule has 0 fully saturated rings. The summed E-state index contributed by atoms with van der Waals surface area (Å²) >= 11 is 1.74. The molecule has 0 aliphatic heterocycles. The minimum absolute atomic E-state index is 0.0416. The largest absolute Gasteiger partial charge is 0.338 e. The second-order valence-corrected chi connectivity index (χ2v) is 6.00. The van der Waals surface area contributed by atoms with Crippen LogP contribution in [-0.4, -0.2) is 16.6 Å². The maximum atomic E-state index is 12.3. The molecule has 0 saturated carbocycles. The van der Waals surface area contributed by atoms with Crippen molar-refractivity contribution in [2.24, 2.45) is 5.92 Å². The number of carbonyl (C=O) groups excluding carboxylic acids is 1. The lowest BCUT2D eigenvalue weighted by Gasteiger charge is -2.10. The van der Waals surface area contributed by atoms with Crippen LogP contribution in [0.15, 0.2) is 29.2 Å². The van der Waals surface area contributed by atoms with Gasteiger partial charge in [-0.15, -0.1) is 11.8 Å².